The summed E-state index contributed by atoms with van der Waals surface area (Å²) in [7, 11) is 1.96. The number of anilines is 2. The maximum Gasteiger partial charge on any atom is 0.224 e. The number of imidazole rings is 1. The van der Waals surface area contributed by atoms with Crippen molar-refractivity contribution in [2.75, 3.05) is 18.5 Å². The molecule has 0 fully saturated rings. The van der Waals surface area contributed by atoms with Crippen molar-refractivity contribution in [1.29, 1.82) is 0 Å². The topological polar surface area (TPSA) is 98.9 Å². The van der Waals surface area contributed by atoms with E-state index in [0.29, 0.717) is 30.7 Å². The van der Waals surface area contributed by atoms with Crippen LogP contribution in [0.5, 0.6) is 5.75 Å². The first-order chi connectivity index (χ1) is 19.2. The van der Waals surface area contributed by atoms with Gasteiger partial charge in [0.2, 0.25) is 11.9 Å². The average molecular weight is 518 g/mol. The lowest BCUT2D eigenvalue weighted by molar-refractivity contribution is -0.120. The van der Waals surface area contributed by atoms with Crippen molar-refractivity contribution >= 4 is 39.6 Å². The highest BCUT2D eigenvalue weighted by Gasteiger charge is 2.14. The highest BCUT2D eigenvalue weighted by atomic mass is 16.5. The number of hydrogen-bond acceptors (Lipinski definition) is 6. The molecule has 0 aliphatic rings. The highest BCUT2D eigenvalue weighted by Crippen LogP contribution is 2.25. The zero-order chi connectivity index (χ0) is 26.6. The summed E-state index contributed by atoms with van der Waals surface area (Å²) < 4.78 is 9.61. The molecule has 6 aromatic rings. The Morgan fingerprint density at radius 1 is 0.872 bits per heavy atom. The lowest BCUT2D eigenvalue weighted by atomic mass is 10.1. The number of ether oxygens (including phenoxy) is 1. The van der Waals surface area contributed by atoms with Crippen LogP contribution < -0.4 is 15.4 Å². The van der Waals surface area contributed by atoms with Gasteiger partial charge in [-0.3, -0.25) is 9.36 Å². The Morgan fingerprint density at radius 2 is 1.64 bits per heavy atom. The van der Waals surface area contributed by atoms with Crippen molar-refractivity contribution in [3.63, 3.8) is 0 Å². The third-order valence-electron chi connectivity index (χ3n) is 6.51. The van der Waals surface area contributed by atoms with Crippen molar-refractivity contribution < 1.29 is 9.53 Å². The van der Waals surface area contributed by atoms with Gasteiger partial charge in [-0.15, -0.1) is 10.2 Å². The Hall–Kier alpha value is -5.18. The normalized spacial score (nSPS) is 11.1. The fourth-order valence-electron chi connectivity index (χ4n) is 4.58. The fraction of sp³-hybridized carbons (Fsp3) is 0.133. The first-order valence-corrected chi connectivity index (χ1v) is 12.7. The molecule has 3 aromatic carbocycles. The molecule has 0 spiro atoms. The van der Waals surface area contributed by atoms with Crippen LogP contribution in [0.1, 0.15) is 5.56 Å². The number of aromatic nitrogens is 5. The molecule has 194 valence electrons. The number of amides is 1. The van der Waals surface area contributed by atoms with Crippen molar-refractivity contribution in [2.24, 2.45) is 7.05 Å². The number of para-hydroxylation sites is 4. The van der Waals surface area contributed by atoms with E-state index < -0.39 is 0 Å². The summed E-state index contributed by atoms with van der Waals surface area (Å²) in [6.45, 7) is 0.833. The first-order valence-electron chi connectivity index (χ1n) is 12.7. The minimum Gasteiger partial charge on any atom is -0.492 e. The number of rotatable bonds is 9. The second-order valence-corrected chi connectivity index (χ2v) is 9.11. The van der Waals surface area contributed by atoms with Gasteiger partial charge in [0.15, 0.2) is 11.6 Å². The number of nitrogens with zero attached hydrogens (tertiary/aromatic N) is 5. The van der Waals surface area contributed by atoms with Gasteiger partial charge >= 0.3 is 0 Å². The summed E-state index contributed by atoms with van der Waals surface area (Å²) in [6, 6.07) is 29.2. The molecule has 6 rings (SSSR count). The van der Waals surface area contributed by atoms with Crippen LogP contribution >= 0.6 is 0 Å². The van der Waals surface area contributed by atoms with Crippen LogP contribution in [-0.2, 0) is 18.3 Å². The summed E-state index contributed by atoms with van der Waals surface area (Å²) in [5.41, 5.74) is 3.81. The van der Waals surface area contributed by atoms with E-state index in [1.165, 1.54) is 0 Å². The number of carbonyl (C=O) groups is 1. The van der Waals surface area contributed by atoms with Crippen LogP contribution in [0.2, 0.25) is 0 Å². The average Bonchev–Trinajstić information content (AvgIpc) is 3.49. The molecule has 9 nitrogen and oxygen atoms in total. The third kappa shape index (κ3) is 5.15. The molecule has 0 saturated heterocycles. The molecule has 3 heterocycles. The predicted molar refractivity (Wildman–Crippen MR) is 152 cm³/mol. The predicted octanol–water partition coefficient (Wildman–Crippen LogP) is 4.79. The fourth-order valence-corrected chi connectivity index (χ4v) is 4.58. The lowest BCUT2D eigenvalue weighted by Crippen LogP contribution is -2.29. The van der Waals surface area contributed by atoms with Gasteiger partial charge in [-0.05, 0) is 48.0 Å². The molecule has 9 heteroatoms. The van der Waals surface area contributed by atoms with E-state index in [9.17, 15) is 4.79 Å². The number of fused-ring (bicyclic) bond motifs is 2. The minimum absolute atomic E-state index is 0.0670. The van der Waals surface area contributed by atoms with Gasteiger partial charge in [0.05, 0.1) is 29.5 Å². The Morgan fingerprint density at radius 3 is 2.44 bits per heavy atom. The second kappa shape index (κ2) is 10.7. The molecule has 0 aliphatic heterocycles. The number of nitrogens with one attached hydrogen (secondary N) is 2. The Kier molecular flexibility index (Phi) is 6.61. The molecule has 2 N–H and O–H groups in total. The van der Waals surface area contributed by atoms with Gasteiger partial charge in [-0.1, -0.05) is 48.5 Å². The van der Waals surface area contributed by atoms with Gasteiger partial charge in [-0.25, -0.2) is 4.98 Å². The van der Waals surface area contributed by atoms with Gasteiger partial charge in [-0.2, -0.15) is 0 Å². The molecule has 0 unspecified atom stereocenters. The molecule has 3 aromatic heterocycles. The molecule has 0 saturated carbocycles. The molecule has 0 aliphatic carbocycles. The number of aryl methyl sites for hydroxylation is 1. The van der Waals surface area contributed by atoms with E-state index in [1.807, 2.05) is 113 Å². The SMILES string of the molecule is Cn1c(Nc2ccc(-n3cc(CC(=O)NCCOc4ccccc4)c4ccccc43)nn2)nc2ccccc21. The Balaban J connectivity index is 1.15. The molecule has 1 amide bonds. The van der Waals surface area contributed by atoms with E-state index in [0.717, 1.165) is 33.2 Å². The maximum absolute atomic E-state index is 12.7. The van der Waals surface area contributed by atoms with E-state index in [1.54, 1.807) is 0 Å². The first kappa shape index (κ1) is 24.2. The zero-order valence-corrected chi connectivity index (χ0v) is 21.4. The van der Waals surface area contributed by atoms with E-state index in [4.69, 9.17) is 4.74 Å². The van der Waals surface area contributed by atoms with Crippen LogP contribution in [0.3, 0.4) is 0 Å². The second-order valence-electron chi connectivity index (χ2n) is 9.11. The largest absolute Gasteiger partial charge is 0.492 e. The van der Waals surface area contributed by atoms with Crippen LogP contribution in [0.4, 0.5) is 11.8 Å². The Labute approximate surface area is 225 Å². The number of carbonyl (C=O) groups excluding carboxylic acids is 1. The smallest absolute Gasteiger partial charge is 0.224 e. The van der Waals surface area contributed by atoms with Crippen LogP contribution in [-0.4, -0.2) is 43.4 Å². The summed E-state index contributed by atoms with van der Waals surface area (Å²) >= 11 is 0. The lowest BCUT2D eigenvalue weighted by Gasteiger charge is -2.07. The van der Waals surface area contributed by atoms with E-state index in [2.05, 4.69) is 25.8 Å². The number of benzene rings is 3. The van der Waals surface area contributed by atoms with E-state index in [-0.39, 0.29) is 12.3 Å². The third-order valence-corrected chi connectivity index (χ3v) is 6.51. The molecule has 0 bridgehead atoms. The molecular weight excluding hydrogens is 490 g/mol. The summed E-state index contributed by atoms with van der Waals surface area (Å²) in [4.78, 5) is 17.3. The number of hydrogen-bond donors (Lipinski definition) is 2. The van der Waals surface area contributed by atoms with Gasteiger partial charge in [0.1, 0.15) is 12.4 Å². The quantitative estimate of drug-likeness (QED) is 0.268. The summed E-state index contributed by atoms with van der Waals surface area (Å²) in [5, 5.41) is 16.0. The molecule has 39 heavy (non-hydrogen) atoms. The monoisotopic (exact) mass is 517 g/mol. The van der Waals surface area contributed by atoms with Crippen molar-refractivity contribution in [1.82, 2.24) is 29.6 Å². The summed E-state index contributed by atoms with van der Waals surface area (Å²) in [6.07, 6.45) is 2.20. The minimum atomic E-state index is -0.0670. The van der Waals surface area contributed by atoms with Crippen molar-refractivity contribution in [2.45, 2.75) is 6.42 Å². The van der Waals surface area contributed by atoms with Crippen LogP contribution in [0.15, 0.2) is 97.2 Å². The van der Waals surface area contributed by atoms with E-state index >= 15 is 0 Å². The highest BCUT2D eigenvalue weighted by molar-refractivity contribution is 5.90. The zero-order valence-electron chi connectivity index (χ0n) is 21.4. The van der Waals surface area contributed by atoms with Crippen LogP contribution in [0, 0.1) is 0 Å². The maximum atomic E-state index is 12.7. The van der Waals surface area contributed by atoms with Crippen molar-refractivity contribution in [3.05, 3.63) is 103 Å². The molecular formula is C30H27N7O2. The Bertz CT molecular complexity index is 1740. The molecule has 0 radical (unpaired) electrons. The molecule has 0 atom stereocenters. The summed E-state index contributed by atoms with van der Waals surface area (Å²) in [5.74, 6) is 2.65. The van der Waals surface area contributed by atoms with Gasteiger partial charge in [0, 0.05) is 18.6 Å². The standard InChI is InChI=1S/C30H27N7O2/c1-36-26-14-8-6-12-24(26)32-30(36)33-27-15-16-28(35-34-27)37-20-21(23-11-5-7-13-25(23)37)19-29(38)31-17-18-39-22-9-3-2-4-10-22/h2-16,20H,17-19H2,1H3,(H,31,38)(H,32,33,34). The van der Waals surface area contributed by atoms with Crippen molar-refractivity contribution in [3.8, 4) is 11.6 Å². The van der Waals surface area contributed by atoms with Gasteiger partial charge in [0.25, 0.3) is 0 Å². The van der Waals surface area contributed by atoms with Gasteiger partial charge < -0.3 is 19.9 Å². The van der Waals surface area contributed by atoms with Crippen LogP contribution in [0.25, 0.3) is 27.8 Å².